The van der Waals surface area contributed by atoms with Gasteiger partial charge in [0.05, 0.1) is 12.4 Å². The van der Waals surface area contributed by atoms with Crippen LogP contribution in [0.4, 0.5) is 0 Å². The predicted molar refractivity (Wildman–Crippen MR) is 81.9 cm³/mol. The van der Waals surface area contributed by atoms with Crippen molar-refractivity contribution in [1.82, 2.24) is 20.2 Å². The van der Waals surface area contributed by atoms with E-state index < -0.39 is 0 Å². The van der Waals surface area contributed by atoms with Gasteiger partial charge in [0, 0.05) is 5.75 Å². The molecule has 2 heterocycles. The fourth-order valence-corrected chi connectivity index (χ4v) is 3.45. The number of benzene rings is 1. The van der Waals surface area contributed by atoms with Gasteiger partial charge in [-0.05, 0) is 5.56 Å². The Kier molecular flexibility index (Phi) is 4.25. The van der Waals surface area contributed by atoms with E-state index in [1.54, 1.807) is 18.0 Å². The van der Waals surface area contributed by atoms with Gasteiger partial charge < -0.3 is 0 Å². The molecule has 0 saturated heterocycles. The van der Waals surface area contributed by atoms with Crippen molar-refractivity contribution < 1.29 is 0 Å². The molecule has 1 aromatic carbocycles. The molecule has 20 heavy (non-hydrogen) atoms. The first-order valence-corrected chi connectivity index (χ1v) is 7.97. The minimum absolute atomic E-state index is 0.358. The average Bonchev–Trinajstić information content (AvgIpc) is 2.95. The highest BCUT2D eigenvalue weighted by molar-refractivity contribution is 8.00. The molecule has 0 amide bonds. The Hall–Kier alpha value is -1.50. The molecule has 0 fully saturated rings. The van der Waals surface area contributed by atoms with Gasteiger partial charge >= 0.3 is 0 Å². The van der Waals surface area contributed by atoms with Crippen LogP contribution >= 0.6 is 34.7 Å². The largest absolute Gasteiger partial charge is 0.259 e. The standard InChI is InChI=1S/C13H9ClN4S2/c14-11-7-15-6-10(16-11)12-17-18-13(20-12)19-8-9-4-2-1-3-5-9/h1-7H,8H2. The van der Waals surface area contributed by atoms with Crippen molar-refractivity contribution in [1.29, 1.82) is 0 Å². The van der Waals surface area contributed by atoms with Crippen LogP contribution in [0.3, 0.4) is 0 Å². The zero-order valence-corrected chi connectivity index (χ0v) is 12.6. The molecule has 100 valence electrons. The Labute approximate surface area is 129 Å². The van der Waals surface area contributed by atoms with E-state index in [1.807, 2.05) is 18.2 Å². The highest BCUT2D eigenvalue weighted by atomic mass is 35.5. The lowest BCUT2D eigenvalue weighted by Crippen LogP contribution is -1.85. The predicted octanol–water partition coefficient (Wildman–Crippen LogP) is 3.94. The first-order chi connectivity index (χ1) is 9.81. The Morgan fingerprint density at radius 1 is 1.10 bits per heavy atom. The van der Waals surface area contributed by atoms with Gasteiger partial charge in [-0.1, -0.05) is 65.0 Å². The molecule has 2 aromatic heterocycles. The van der Waals surface area contributed by atoms with Crippen molar-refractivity contribution in [2.24, 2.45) is 0 Å². The summed E-state index contributed by atoms with van der Waals surface area (Å²) in [5.41, 5.74) is 1.92. The third kappa shape index (κ3) is 3.33. The highest BCUT2D eigenvalue weighted by Crippen LogP contribution is 2.30. The quantitative estimate of drug-likeness (QED) is 0.681. The first kappa shape index (κ1) is 13.5. The fraction of sp³-hybridized carbons (Fsp3) is 0.0769. The summed E-state index contributed by atoms with van der Waals surface area (Å²) >= 11 is 8.97. The summed E-state index contributed by atoms with van der Waals surface area (Å²) in [5, 5.41) is 9.37. The molecule has 0 N–H and O–H groups in total. The van der Waals surface area contributed by atoms with Gasteiger partial charge in [0.1, 0.15) is 10.8 Å². The van der Waals surface area contributed by atoms with E-state index in [-0.39, 0.29) is 0 Å². The summed E-state index contributed by atoms with van der Waals surface area (Å²) in [7, 11) is 0. The minimum Gasteiger partial charge on any atom is -0.259 e. The van der Waals surface area contributed by atoms with Gasteiger partial charge in [-0.2, -0.15) is 0 Å². The van der Waals surface area contributed by atoms with Crippen molar-refractivity contribution in [3.8, 4) is 10.7 Å². The average molecular weight is 321 g/mol. The lowest BCUT2D eigenvalue weighted by molar-refractivity contribution is 1.01. The van der Waals surface area contributed by atoms with Gasteiger partial charge in [-0.15, -0.1) is 10.2 Å². The van der Waals surface area contributed by atoms with Crippen molar-refractivity contribution in [3.05, 3.63) is 53.4 Å². The molecule has 0 saturated carbocycles. The molecule has 0 bridgehead atoms. The molecule has 0 radical (unpaired) electrons. The zero-order valence-electron chi connectivity index (χ0n) is 10.2. The van der Waals surface area contributed by atoms with E-state index in [9.17, 15) is 0 Å². The summed E-state index contributed by atoms with van der Waals surface area (Å²) in [6.45, 7) is 0. The maximum absolute atomic E-state index is 5.82. The number of hydrogen-bond acceptors (Lipinski definition) is 6. The van der Waals surface area contributed by atoms with Crippen LogP contribution < -0.4 is 0 Å². The van der Waals surface area contributed by atoms with Gasteiger partial charge in [0.15, 0.2) is 9.35 Å². The van der Waals surface area contributed by atoms with Crippen LogP contribution in [-0.2, 0) is 5.75 Å². The number of halogens is 1. The van der Waals surface area contributed by atoms with Gasteiger partial charge in [0.25, 0.3) is 0 Å². The monoisotopic (exact) mass is 320 g/mol. The van der Waals surface area contributed by atoms with Crippen LogP contribution in [0.2, 0.25) is 5.15 Å². The third-order valence-corrected chi connectivity index (χ3v) is 4.77. The molecular weight excluding hydrogens is 312 g/mol. The molecule has 0 spiro atoms. The highest BCUT2D eigenvalue weighted by Gasteiger charge is 2.09. The summed E-state index contributed by atoms with van der Waals surface area (Å²) < 4.78 is 0.908. The third-order valence-electron chi connectivity index (χ3n) is 2.44. The van der Waals surface area contributed by atoms with Crippen LogP contribution in [0.15, 0.2) is 47.1 Å². The molecule has 7 heteroatoms. The van der Waals surface area contributed by atoms with E-state index >= 15 is 0 Å². The van der Waals surface area contributed by atoms with E-state index in [1.165, 1.54) is 23.1 Å². The number of rotatable bonds is 4. The van der Waals surface area contributed by atoms with Gasteiger partial charge in [0.2, 0.25) is 0 Å². The maximum Gasteiger partial charge on any atom is 0.175 e. The topological polar surface area (TPSA) is 51.6 Å². The van der Waals surface area contributed by atoms with Crippen molar-refractivity contribution in [2.75, 3.05) is 0 Å². The summed E-state index contributed by atoms with van der Waals surface area (Å²) in [5.74, 6) is 0.872. The van der Waals surface area contributed by atoms with Crippen LogP contribution in [-0.4, -0.2) is 20.2 Å². The first-order valence-electron chi connectivity index (χ1n) is 5.79. The minimum atomic E-state index is 0.358. The van der Waals surface area contributed by atoms with Gasteiger partial charge in [-0.25, -0.2) is 4.98 Å². The van der Waals surface area contributed by atoms with Crippen LogP contribution in [0.25, 0.3) is 10.7 Å². The van der Waals surface area contributed by atoms with Crippen LogP contribution in [0.1, 0.15) is 5.56 Å². The second kappa shape index (κ2) is 6.30. The molecule has 3 aromatic rings. The second-order valence-electron chi connectivity index (χ2n) is 3.87. The molecule has 0 atom stereocenters. The molecule has 0 aliphatic heterocycles. The maximum atomic E-state index is 5.82. The number of thioether (sulfide) groups is 1. The molecule has 0 unspecified atom stereocenters. The van der Waals surface area contributed by atoms with Gasteiger partial charge in [-0.3, -0.25) is 4.98 Å². The molecule has 3 rings (SSSR count). The lowest BCUT2D eigenvalue weighted by atomic mass is 10.2. The van der Waals surface area contributed by atoms with Crippen LogP contribution in [0, 0.1) is 0 Å². The number of hydrogen-bond donors (Lipinski definition) is 0. The molecule has 0 aliphatic carbocycles. The SMILES string of the molecule is Clc1cncc(-c2nnc(SCc3ccccc3)s2)n1. The Balaban J connectivity index is 1.71. The molecular formula is C13H9ClN4S2. The summed E-state index contributed by atoms with van der Waals surface area (Å²) in [4.78, 5) is 8.18. The van der Waals surface area contributed by atoms with E-state index in [0.29, 0.717) is 10.8 Å². The van der Waals surface area contributed by atoms with Crippen molar-refractivity contribution in [3.63, 3.8) is 0 Å². The second-order valence-corrected chi connectivity index (χ2v) is 6.46. The smallest absolute Gasteiger partial charge is 0.175 e. The molecule has 4 nitrogen and oxygen atoms in total. The number of nitrogens with zero attached hydrogens (tertiary/aromatic N) is 4. The summed E-state index contributed by atoms with van der Waals surface area (Å²) in [6, 6.07) is 10.3. The zero-order chi connectivity index (χ0) is 13.8. The summed E-state index contributed by atoms with van der Waals surface area (Å²) in [6.07, 6.45) is 3.13. The Morgan fingerprint density at radius 2 is 1.95 bits per heavy atom. The van der Waals surface area contributed by atoms with Crippen molar-refractivity contribution >= 4 is 34.7 Å². The fourth-order valence-electron chi connectivity index (χ4n) is 1.54. The van der Waals surface area contributed by atoms with E-state index in [2.05, 4.69) is 32.3 Å². The Morgan fingerprint density at radius 3 is 2.75 bits per heavy atom. The Bertz CT molecular complexity index is 702. The van der Waals surface area contributed by atoms with Crippen LogP contribution in [0.5, 0.6) is 0 Å². The van der Waals surface area contributed by atoms with E-state index in [4.69, 9.17) is 11.6 Å². The normalized spacial score (nSPS) is 10.7. The van der Waals surface area contributed by atoms with Crippen molar-refractivity contribution in [2.45, 2.75) is 10.1 Å². The molecule has 0 aliphatic rings. The lowest BCUT2D eigenvalue weighted by Gasteiger charge is -1.96. The number of aromatic nitrogens is 4. The van der Waals surface area contributed by atoms with E-state index in [0.717, 1.165) is 15.1 Å².